The number of hydrogen-bond donors (Lipinski definition) is 3. The van der Waals surface area contributed by atoms with E-state index in [-0.39, 0.29) is 17.6 Å². The van der Waals surface area contributed by atoms with Crippen LogP contribution in [0.2, 0.25) is 0 Å². The summed E-state index contributed by atoms with van der Waals surface area (Å²) in [6.45, 7) is 0. The number of anilines is 3. The summed E-state index contributed by atoms with van der Waals surface area (Å²) < 4.78 is 14.8. The molecule has 0 unspecified atom stereocenters. The van der Waals surface area contributed by atoms with Crippen LogP contribution in [0.5, 0.6) is 0 Å². The van der Waals surface area contributed by atoms with Gasteiger partial charge in [-0.3, -0.25) is 9.89 Å². The van der Waals surface area contributed by atoms with Gasteiger partial charge in [0.05, 0.1) is 5.39 Å². The smallest absolute Gasteiger partial charge is 0.228 e. The zero-order valence-electron chi connectivity index (χ0n) is 15.5. The molecule has 144 valence electrons. The second-order valence-electron chi connectivity index (χ2n) is 7.68. The molecule has 28 heavy (non-hydrogen) atoms. The molecular weight excluding hydrogens is 357 g/mol. The van der Waals surface area contributed by atoms with Crippen molar-refractivity contribution in [3.05, 3.63) is 41.2 Å². The molecular formula is C21H22FN5O. The lowest BCUT2D eigenvalue weighted by molar-refractivity contribution is -0.119. The van der Waals surface area contributed by atoms with Crippen molar-refractivity contribution < 1.29 is 9.18 Å². The van der Waals surface area contributed by atoms with E-state index >= 15 is 0 Å². The van der Waals surface area contributed by atoms with Gasteiger partial charge in [0.25, 0.3) is 0 Å². The highest BCUT2D eigenvalue weighted by atomic mass is 19.1. The van der Waals surface area contributed by atoms with Crippen LogP contribution < -0.4 is 10.6 Å². The minimum Gasteiger partial charge on any atom is -0.337 e. The topological polar surface area (TPSA) is 82.7 Å². The van der Waals surface area contributed by atoms with E-state index in [4.69, 9.17) is 0 Å². The molecule has 1 fully saturated rings. The maximum atomic E-state index is 14.8. The van der Waals surface area contributed by atoms with Crippen LogP contribution in [0.25, 0.3) is 11.0 Å². The van der Waals surface area contributed by atoms with E-state index in [1.165, 1.54) is 17.2 Å². The molecule has 0 saturated heterocycles. The molecule has 6 nitrogen and oxygen atoms in total. The van der Waals surface area contributed by atoms with Crippen molar-refractivity contribution in [2.24, 2.45) is 5.92 Å². The second kappa shape index (κ2) is 6.89. The number of nitrogens with zero attached hydrogens (tertiary/aromatic N) is 2. The lowest BCUT2D eigenvalue weighted by Crippen LogP contribution is -2.20. The lowest BCUT2D eigenvalue weighted by Gasteiger charge is -2.12. The maximum absolute atomic E-state index is 14.8. The summed E-state index contributed by atoms with van der Waals surface area (Å²) in [6.07, 6.45) is 7.12. The molecule has 1 saturated carbocycles. The molecule has 2 aromatic heterocycles. The highest BCUT2D eigenvalue weighted by Gasteiger charge is 2.24. The average molecular weight is 379 g/mol. The molecule has 7 heteroatoms. The first-order valence-electron chi connectivity index (χ1n) is 9.92. The molecule has 2 aliphatic rings. The van der Waals surface area contributed by atoms with Crippen LogP contribution in [0.15, 0.2) is 24.3 Å². The third-order valence-corrected chi connectivity index (χ3v) is 5.87. The normalized spacial score (nSPS) is 16.5. The molecule has 0 spiro atoms. The van der Waals surface area contributed by atoms with Gasteiger partial charge in [-0.15, -0.1) is 0 Å². The number of carbonyl (C=O) groups is 1. The zero-order chi connectivity index (χ0) is 19.1. The molecule has 2 aliphatic carbocycles. The average Bonchev–Trinajstić information content (AvgIpc) is 3.43. The molecule has 1 aromatic carbocycles. The van der Waals surface area contributed by atoms with E-state index in [1.807, 2.05) is 12.1 Å². The molecule has 2 heterocycles. The van der Waals surface area contributed by atoms with Gasteiger partial charge >= 0.3 is 0 Å². The lowest BCUT2D eigenvalue weighted by atomic mass is 10.1. The van der Waals surface area contributed by atoms with Crippen molar-refractivity contribution in [3.8, 4) is 0 Å². The number of fused-ring (bicyclic) bond motifs is 2. The zero-order valence-corrected chi connectivity index (χ0v) is 15.5. The third-order valence-electron chi connectivity index (χ3n) is 5.87. The molecule has 5 rings (SSSR count). The van der Waals surface area contributed by atoms with Gasteiger partial charge in [0.15, 0.2) is 23.1 Å². The van der Waals surface area contributed by atoms with E-state index in [0.717, 1.165) is 50.6 Å². The van der Waals surface area contributed by atoms with Crippen molar-refractivity contribution in [2.75, 3.05) is 10.6 Å². The van der Waals surface area contributed by atoms with Gasteiger partial charge in [-0.25, -0.2) is 9.37 Å². The predicted octanol–water partition coefficient (Wildman–Crippen LogP) is 4.46. The van der Waals surface area contributed by atoms with Crippen LogP contribution in [0.3, 0.4) is 0 Å². The van der Waals surface area contributed by atoms with E-state index in [2.05, 4.69) is 31.9 Å². The van der Waals surface area contributed by atoms with Crippen LogP contribution in [0, 0.1) is 11.7 Å². The fraction of sp³-hybridized carbons (Fsp3) is 0.381. The number of halogens is 1. The first-order chi connectivity index (χ1) is 13.7. The quantitative estimate of drug-likeness (QED) is 0.625. The highest BCUT2D eigenvalue weighted by molar-refractivity contribution is 6.00. The predicted molar refractivity (Wildman–Crippen MR) is 106 cm³/mol. The van der Waals surface area contributed by atoms with Crippen molar-refractivity contribution >= 4 is 34.3 Å². The van der Waals surface area contributed by atoms with Crippen LogP contribution >= 0.6 is 0 Å². The summed E-state index contributed by atoms with van der Waals surface area (Å²) in [7, 11) is 0. The molecule has 3 N–H and O–H groups in total. The highest BCUT2D eigenvalue weighted by Crippen LogP contribution is 2.32. The molecule has 0 atom stereocenters. The summed E-state index contributed by atoms with van der Waals surface area (Å²) >= 11 is 0. The van der Waals surface area contributed by atoms with E-state index in [0.29, 0.717) is 16.9 Å². The van der Waals surface area contributed by atoms with Gasteiger partial charge in [-0.05, 0) is 55.4 Å². The van der Waals surface area contributed by atoms with Gasteiger partial charge in [0, 0.05) is 11.6 Å². The summed E-state index contributed by atoms with van der Waals surface area (Å²) in [6, 6.07) is 7.43. The minimum atomic E-state index is -0.471. The number of benzene rings is 1. The van der Waals surface area contributed by atoms with E-state index in [9.17, 15) is 9.18 Å². The van der Waals surface area contributed by atoms with Crippen molar-refractivity contribution in [3.63, 3.8) is 0 Å². The molecule has 0 bridgehead atoms. The maximum Gasteiger partial charge on any atom is 0.228 e. The number of hydrogen-bond acceptors (Lipinski definition) is 4. The Morgan fingerprint density at radius 2 is 2.00 bits per heavy atom. The van der Waals surface area contributed by atoms with Gasteiger partial charge in [-0.2, -0.15) is 5.10 Å². The summed E-state index contributed by atoms with van der Waals surface area (Å²) in [5.41, 5.74) is 3.89. The van der Waals surface area contributed by atoms with Gasteiger partial charge in [0.1, 0.15) is 0 Å². The Kier molecular flexibility index (Phi) is 4.22. The van der Waals surface area contributed by atoms with Gasteiger partial charge < -0.3 is 10.6 Å². The van der Waals surface area contributed by atoms with E-state index in [1.54, 1.807) is 0 Å². The summed E-state index contributed by atoms with van der Waals surface area (Å²) in [5, 5.41) is 13.4. The van der Waals surface area contributed by atoms with Crippen molar-refractivity contribution in [1.29, 1.82) is 0 Å². The number of pyridine rings is 1. The Morgan fingerprint density at radius 1 is 1.14 bits per heavy atom. The number of nitrogens with one attached hydrogen (secondary N) is 3. The summed E-state index contributed by atoms with van der Waals surface area (Å²) in [4.78, 5) is 16.7. The number of aromatic nitrogens is 3. The Labute approximate surface area is 161 Å². The number of H-pyrrole nitrogens is 1. The van der Waals surface area contributed by atoms with Crippen LogP contribution in [-0.2, 0) is 17.6 Å². The number of aryl methyl sites for hydroxylation is 1. The Balaban J connectivity index is 1.42. The second-order valence-corrected chi connectivity index (χ2v) is 7.68. The first kappa shape index (κ1) is 17.2. The Hall–Kier alpha value is -2.96. The molecule has 3 aromatic rings. The number of aromatic amines is 1. The molecule has 0 radical (unpaired) electrons. The first-order valence-corrected chi connectivity index (χ1v) is 9.92. The van der Waals surface area contributed by atoms with Crippen LogP contribution in [0.4, 0.5) is 21.7 Å². The van der Waals surface area contributed by atoms with Gasteiger partial charge in [-0.1, -0.05) is 25.0 Å². The fourth-order valence-electron chi connectivity index (χ4n) is 4.38. The Bertz CT molecular complexity index is 1050. The van der Waals surface area contributed by atoms with Crippen molar-refractivity contribution in [1.82, 2.24) is 15.2 Å². The SMILES string of the molecule is O=C(Nc1n[nH]c2nc(Nc3cccc4c3CCC4)c(F)cc12)C1CCCC1. The Morgan fingerprint density at radius 3 is 2.86 bits per heavy atom. The number of amides is 1. The minimum absolute atomic E-state index is 0.0191. The number of carbonyl (C=O) groups excluding carboxylic acids is 1. The molecule has 1 amide bonds. The monoisotopic (exact) mass is 379 g/mol. The third kappa shape index (κ3) is 3.00. The standard InChI is InChI=1S/C21H22FN5O/c22-16-11-15-18(26-27-19(15)25-21(28)13-5-1-2-6-13)24-20(16)23-17-10-4-8-12-7-3-9-14(12)17/h4,8,10-11,13H,1-3,5-7,9H2,(H3,23,24,25,26,27,28). The van der Waals surface area contributed by atoms with Crippen LogP contribution in [0.1, 0.15) is 43.2 Å². The van der Waals surface area contributed by atoms with E-state index < -0.39 is 5.82 Å². The summed E-state index contributed by atoms with van der Waals surface area (Å²) in [5.74, 6) is -0.00420. The van der Waals surface area contributed by atoms with Crippen LogP contribution in [-0.4, -0.2) is 21.1 Å². The van der Waals surface area contributed by atoms with Gasteiger partial charge in [0.2, 0.25) is 5.91 Å². The molecule has 0 aliphatic heterocycles. The number of rotatable bonds is 4. The largest absolute Gasteiger partial charge is 0.337 e. The fourth-order valence-corrected chi connectivity index (χ4v) is 4.38. The van der Waals surface area contributed by atoms with Crippen molar-refractivity contribution in [2.45, 2.75) is 44.9 Å².